The van der Waals surface area contributed by atoms with Gasteiger partial charge >= 0.3 is 29.8 Å². The van der Waals surface area contributed by atoms with E-state index in [-0.39, 0.29) is 30.7 Å². The van der Waals surface area contributed by atoms with Gasteiger partial charge in [-0.25, -0.2) is 4.79 Å². The van der Waals surface area contributed by atoms with Gasteiger partial charge < -0.3 is 59.4 Å². The van der Waals surface area contributed by atoms with E-state index in [0.717, 1.165) is 33.4 Å². The van der Waals surface area contributed by atoms with Crippen molar-refractivity contribution in [2.75, 3.05) is 13.2 Å². The minimum atomic E-state index is -2.10. The van der Waals surface area contributed by atoms with E-state index in [2.05, 4.69) is 4.74 Å². The molecule has 1 heterocycles. The van der Waals surface area contributed by atoms with Crippen LogP contribution in [0.15, 0.2) is 153 Å². The number of allylic oxidation sites excluding steroid dienone is 21. The van der Waals surface area contributed by atoms with E-state index in [0.29, 0.717) is 11.1 Å². The molecule has 7 N–H and O–H groups in total. The lowest BCUT2D eigenvalue weighted by molar-refractivity contribution is -0.160. The number of hydrogen-bond donors (Lipinski definition) is 7. The van der Waals surface area contributed by atoms with Crippen LogP contribution in [0, 0.1) is 10.8 Å². The first-order valence-corrected chi connectivity index (χ1v) is 25.6. The largest absolute Gasteiger partial charge is 0.506 e. The number of esters is 5. The number of cyclic esters (lactones) is 1. The number of aliphatic hydroxyl groups is 7. The van der Waals surface area contributed by atoms with Gasteiger partial charge in [-0.1, -0.05) is 135 Å². The van der Waals surface area contributed by atoms with E-state index in [1.807, 2.05) is 140 Å². The fraction of sp³-hybridized carbons (Fsp3) is 0.433. The van der Waals surface area contributed by atoms with Crippen molar-refractivity contribution in [3.63, 3.8) is 0 Å². The maximum atomic E-state index is 13.3. The Hall–Kier alpha value is -7.94. The Morgan fingerprint density at radius 3 is 1.40 bits per heavy atom. The summed E-state index contributed by atoms with van der Waals surface area (Å²) in [4.78, 5) is 98.1. The van der Waals surface area contributed by atoms with Crippen molar-refractivity contribution in [3.8, 4) is 0 Å². The van der Waals surface area contributed by atoms with E-state index in [9.17, 15) is 74.1 Å². The van der Waals surface area contributed by atoms with Crippen molar-refractivity contribution < 1.29 is 97.8 Å². The molecule has 6 unspecified atom stereocenters. The lowest BCUT2D eigenvalue weighted by atomic mass is 9.71. The second-order valence-corrected chi connectivity index (χ2v) is 20.7. The summed E-state index contributed by atoms with van der Waals surface area (Å²) in [5.74, 6) is -9.75. The van der Waals surface area contributed by atoms with Crippen LogP contribution in [0.25, 0.3) is 0 Å². The molecule has 3 rings (SSSR count). The molecule has 20 nitrogen and oxygen atoms in total. The van der Waals surface area contributed by atoms with E-state index in [1.54, 1.807) is 13.8 Å². The quantitative estimate of drug-likeness (QED) is 0.0110. The number of hydrogen-bond acceptors (Lipinski definition) is 20. The maximum absolute atomic E-state index is 13.3. The standard InChI is InChI=1S/C60H74O20/c1-34(17-13-19-36(3)21-23-40-38(5)51(69)45(29-59(40,7)8)78-49(67)27-25-47(65)76-32-43(63)54(72)53(71)42(62)31-61)15-11-12-16-35(2)18-14-20-37(4)22-24-41-39(6)52(70)46(30-60(41,9)10)79-50(68)28-26-48(66)77-33-44(64)57-55(73)56(74)58(75)80-57/h11-24,31,43-46,54,57,62-64,71-74H,25-30,32-33H2,1-10H3/b12-11+,17-13+,18-14+,23-21+,24-22+,34-15+,35-16+,36-19+,37-20+,53-42-. The van der Waals surface area contributed by atoms with Crippen molar-refractivity contribution in [1.82, 2.24) is 0 Å². The van der Waals surface area contributed by atoms with Gasteiger partial charge in [0.1, 0.15) is 31.5 Å². The van der Waals surface area contributed by atoms with Crippen LogP contribution in [-0.2, 0) is 62.0 Å². The zero-order valence-corrected chi connectivity index (χ0v) is 46.7. The normalized spacial score (nSPS) is 21.9. The minimum Gasteiger partial charge on any atom is -0.506 e. The topological polar surface area (TPSA) is 324 Å². The number of aliphatic hydroxyl groups excluding tert-OH is 7. The zero-order chi connectivity index (χ0) is 60.2. The highest BCUT2D eigenvalue weighted by Gasteiger charge is 2.42. The molecule has 0 bridgehead atoms. The maximum Gasteiger partial charge on any atom is 0.377 e. The SMILES string of the molecule is CC1=C(/C=C/C(C)=C/C=C/C(C)=C/C=C/C=C(C)/C=C/C=C(C)/C=C/C2=C(C)C(=O)C(OC(=O)CCC(=O)OCC(O)C(O)/C(O)=C(/O)C=O)CC2(C)C)C(C)(C)CC(OC(=O)CCC(=O)OCC(O)C2OC(=O)C(O)=C2O)C1=O. The molecule has 2 aliphatic carbocycles. The molecule has 1 aliphatic heterocycles. The predicted octanol–water partition coefficient (Wildman–Crippen LogP) is 7.52. The minimum absolute atomic E-state index is 0.151. The molecular formula is C60H74O20. The first-order chi connectivity index (χ1) is 37.4. The Labute approximate surface area is 465 Å². The Balaban J connectivity index is 1.47. The summed E-state index contributed by atoms with van der Waals surface area (Å²) in [7, 11) is 0. The molecule has 0 aromatic heterocycles. The lowest BCUT2D eigenvalue weighted by Crippen LogP contribution is -2.39. The highest BCUT2D eigenvalue weighted by atomic mass is 16.6. The van der Waals surface area contributed by atoms with Crippen LogP contribution in [0.5, 0.6) is 0 Å². The van der Waals surface area contributed by atoms with Crippen molar-refractivity contribution >= 4 is 47.7 Å². The number of carbonyl (C=O) groups excluding carboxylic acids is 8. The predicted molar refractivity (Wildman–Crippen MR) is 292 cm³/mol. The Bertz CT molecular complexity index is 2810. The summed E-state index contributed by atoms with van der Waals surface area (Å²) >= 11 is 0. The third kappa shape index (κ3) is 20.1. The second-order valence-electron chi connectivity index (χ2n) is 20.7. The molecule has 0 spiro atoms. The van der Waals surface area contributed by atoms with Crippen molar-refractivity contribution in [1.29, 1.82) is 0 Å². The third-order valence-corrected chi connectivity index (χ3v) is 13.0. The molecule has 0 aromatic rings. The summed E-state index contributed by atoms with van der Waals surface area (Å²) in [6, 6.07) is 0. The van der Waals surface area contributed by atoms with Crippen LogP contribution < -0.4 is 0 Å². The third-order valence-electron chi connectivity index (χ3n) is 13.0. The van der Waals surface area contributed by atoms with Gasteiger partial charge in [-0.15, -0.1) is 0 Å². The van der Waals surface area contributed by atoms with Crippen LogP contribution in [0.3, 0.4) is 0 Å². The summed E-state index contributed by atoms with van der Waals surface area (Å²) in [5.41, 5.74) is 5.19. The molecule has 0 radical (unpaired) electrons. The Kier molecular flexibility index (Phi) is 25.2. The average molecular weight is 1120 g/mol. The molecule has 0 saturated carbocycles. The van der Waals surface area contributed by atoms with Crippen LogP contribution >= 0.6 is 0 Å². The van der Waals surface area contributed by atoms with E-state index in [4.69, 9.17) is 18.9 Å². The number of ketones is 2. The average Bonchev–Trinajstić information content (AvgIpc) is 3.66. The monoisotopic (exact) mass is 1110 g/mol. The van der Waals surface area contributed by atoms with Crippen molar-refractivity contribution in [2.24, 2.45) is 10.8 Å². The molecule has 0 saturated heterocycles. The molecular weight excluding hydrogens is 1040 g/mol. The number of aldehydes is 1. The van der Waals surface area contributed by atoms with Crippen molar-refractivity contribution in [2.45, 2.75) is 144 Å². The van der Waals surface area contributed by atoms with Crippen LogP contribution in [0.1, 0.15) is 108 Å². The van der Waals surface area contributed by atoms with Crippen molar-refractivity contribution in [3.05, 3.63) is 153 Å². The zero-order valence-electron chi connectivity index (χ0n) is 46.7. The van der Waals surface area contributed by atoms with E-state index < -0.39 is 139 Å². The summed E-state index contributed by atoms with van der Waals surface area (Å²) in [6.07, 6.45) is 16.1. The molecule has 6 atom stereocenters. The van der Waals surface area contributed by atoms with Crippen LogP contribution in [0.4, 0.5) is 0 Å². The summed E-state index contributed by atoms with van der Waals surface area (Å²) in [6.45, 7) is 17.4. The highest BCUT2D eigenvalue weighted by molar-refractivity contribution is 6.02. The number of carbonyl (C=O) groups is 8. The van der Waals surface area contributed by atoms with Gasteiger partial charge in [0.25, 0.3) is 0 Å². The fourth-order valence-corrected chi connectivity index (χ4v) is 8.40. The van der Waals surface area contributed by atoms with Gasteiger partial charge in [0, 0.05) is 12.8 Å². The fourth-order valence-electron chi connectivity index (χ4n) is 8.40. The summed E-state index contributed by atoms with van der Waals surface area (Å²) < 4.78 is 25.2. The highest BCUT2D eigenvalue weighted by Crippen LogP contribution is 2.42. The first kappa shape index (κ1) is 66.3. The second kappa shape index (κ2) is 30.4. The van der Waals surface area contributed by atoms with Gasteiger partial charge in [0.15, 0.2) is 53.4 Å². The molecule has 434 valence electrons. The van der Waals surface area contributed by atoms with Gasteiger partial charge in [-0.3, -0.25) is 33.6 Å². The number of rotatable bonds is 26. The summed E-state index contributed by atoms with van der Waals surface area (Å²) in [5, 5.41) is 67.5. The number of ether oxygens (including phenoxy) is 5. The molecule has 20 heteroatoms. The van der Waals surface area contributed by atoms with Gasteiger partial charge in [0.2, 0.25) is 5.76 Å². The molecule has 80 heavy (non-hydrogen) atoms. The van der Waals surface area contributed by atoms with Gasteiger partial charge in [0.05, 0.1) is 25.7 Å². The lowest BCUT2D eigenvalue weighted by Gasteiger charge is -2.36. The molecule has 0 amide bonds. The number of Topliss-reactive ketones (excluding diaryl/α,β-unsaturated/α-hetero) is 2. The van der Waals surface area contributed by atoms with E-state index >= 15 is 0 Å². The van der Waals surface area contributed by atoms with Crippen LogP contribution in [-0.4, -0.2) is 133 Å². The smallest absolute Gasteiger partial charge is 0.377 e. The van der Waals surface area contributed by atoms with E-state index in [1.165, 1.54) is 0 Å². The molecule has 3 aliphatic rings. The van der Waals surface area contributed by atoms with Gasteiger partial charge in [-0.05, 0) is 74.7 Å². The van der Waals surface area contributed by atoms with Crippen LogP contribution in [0.2, 0.25) is 0 Å². The Morgan fingerprint density at radius 2 is 1.00 bits per heavy atom. The first-order valence-electron chi connectivity index (χ1n) is 25.6. The Morgan fingerprint density at radius 1 is 0.613 bits per heavy atom. The molecule has 0 fully saturated rings. The molecule has 0 aromatic carbocycles. The van der Waals surface area contributed by atoms with Gasteiger partial charge in [-0.2, -0.15) is 0 Å².